The third kappa shape index (κ3) is 6.19. The van der Waals surface area contributed by atoms with Crippen molar-refractivity contribution in [3.05, 3.63) is 83.4 Å². The van der Waals surface area contributed by atoms with E-state index in [4.69, 9.17) is 19.9 Å². The number of methoxy groups -OCH3 is 2. The van der Waals surface area contributed by atoms with Crippen LogP contribution in [0.3, 0.4) is 0 Å². The number of ether oxygens (including phenoxy) is 3. The van der Waals surface area contributed by atoms with E-state index >= 15 is 0 Å². The molecule has 3 aromatic rings. The summed E-state index contributed by atoms with van der Waals surface area (Å²) in [5, 5.41) is 5.66. The van der Waals surface area contributed by atoms with E-state index in [0.717, 1.165) is 11.1 Å². The number of amides is 2. The van der Waals surface area contributed by atoms with Gasteiger partial charge in [0, 0.05) is 5.56 Å². The number of anilines is 2. The lowest BCUT2D eigenvalue weighted by Gasteiger charge is -2.18. The summed E-state index contributed by atoms with van der Waals surface area (Å²) in [5.41, 5.74) is 9.06. The molecule has 178 valence electrons. The van der Waals surface area contributed by atoms with Crippen molar-refractivity contribution in [2.75, 3.05) is 25.3 Å². The van der Waals surface area contributed by atoms with E-state index in [2.05, 4.69) is 10.6 Å². The minimum atomic E-state index is -0.539. The number of benzene rings is 3. The molecule has 3 aromatic carbocycles. The summed E-state index contributed by atoms with van der Waals surface area (Å²) in [5.74, 6) is 0.903. The molecule has 0 aromatic heterocycles. The van der Waals surface area contributed by atoms with Gasteiger partial charge in [-0.15, -0.1) is 0 Å². The Hall–Kier alpha value is -4.20. The normalized spacial score (nSPS) is 11.3. The summed E-state index contributed by atoms with van der Waals surface area (Å²) < 4.78 is 15.9. The zero-order valence-corrected chi connectivity index (χ0v) is 19.5. The van der Waals surface area contributed by atoms with Crippen molar-refractivity contribution in [3.8, 4) is 11.5 Å². The summed E-state index contributed by atoms with van der Waals surface area (Å²) in [7, 11) is 3.11. The fourth-order valence-electron chi connectivity index (χ4n) is 3.40. The highest BCUT2D eigenvalue weighted by molar-refractivity contribution is 6.05. The number of nitrogen functional groups attached to an aromatic ring is 1. The predicted molar refractivity (Wildman–Crippen MR) is 131 cm³/mol. The Morgan fingerprint density at radius 2 is 1.65 bits per heavy atom. The SMILES string of the molecule is CC[C@H](NC(=O)OCc1ccc(OC)c(OC)c1)c1ccc(C(=O)Nc2ccccc2N)cc1. The van der Waals surface area contributed by atoms with Crippen LogP contribution in [-0.2, 0) is 11.3 Å². The second-order valence-corrected chi connectivity index (χ2v) is 7.53. The van der Waals surface area contributed by atoms with Gasteiger partial charge in [0.15, 0.2) is 11.5 Å². The van der Waals surface area contributed by atoms with Crippen molar-refractivity contribution < 1.29 is 23.8 Å². The fourth-order valence-corrected chi connectivity index (χ4v) is 3.40. The lowest BCUT2D eigenvalue weighted by molar-refractivity contribution is 0.102. The van der Waals surface area contributed by atoms with Gasteiger partial charge < -0.3 is 30.6 Å². The van der Waals surface area contributed by atoms with E-state index in [1.165, 1.54) is 0 Å². The van der Waals surface area contributed by atoms with E-state index in [1.54, 1.807) is 68.8 Å². The number of carbonyl (C=O) groups excluding carboxylic acids is 2. The third-order valence-electron chi connectivity index (χ3n) is 5.30. The Balaban J connectivity index is 1.58. The number of para-hydroxylation sites is 2. The van der Waals surface area contributed by atoms with E-state index in [0.29, 0.717) is 34.9 Å². The summed E-state index contributed by atoms with van der Waals surface area (Å²) in [6.07, 6.45) is 0.111. The Morgan fingerprint density at radius 1 is 0.941 bits per heavy atom. The maximum atomic E-state index is 12.5. The van der Waals surface area contributed by atoms with Crippen LogP contribution in [0.25, 0.3) is 0 Å². The maximum absolute atomic E-state index is 12.5. The molecule has 2 amide bonds. The van der Waals surface area contributed by atoms with Crippen molar-refractivity contribution in [1.82, 2.24) is 5.32 Å². The van der Waals surface area contributed by atoms with E-state index in [-0.39, 0.29) is 18.6 Å². The number of hydrogen-bond acceptors (Lipinski definition) is 6. The van der Waals surface area contributed by atoms with Crippen molar-refractivity contribution in [2.24, 2.45) is 0 Å². The molecule has 8 nitrogen and oxygen atoms in total. The van der Waals surface area contributed by atoms with Gasteiger partial charge in [-0.1, -0.05) is 37.3 Å². The molecule has 0 aliphatic rings. The quantitative estimate of drug-likeness (QED) is 0.389. The molecular weight excluding hydrogens is 434 g/mol. The molecule has 4 N–H and O–H groups in total. The van der Waals surface area contributed by atoms with Gasteiger partial charge in [0.1, 0.15) is 6.61 Å². The molecule has 34 heavy (non-hydrogen) atoms. The van der Waals surface area contributed by atoms with Crippen LogP contribution in [0.1, 0.15) is 40.9 Å². The lowest BCUT2D eigenvalue weighted by Crippen LogP contribution is -2.28. The van der Waals surface area contributed by atoms with Crippen molar-refractivity contribution in [2.45, 2.75) is 26.0 Å². The number of hydrogen-bond donors (Lipinski definition) is 3. The molecule has 0 unspecified atom stereocenters. The first-order valence-electron chi connectivity index (χ1n) is 10.8. The van der Waals surface area contributed by atoms with Gasteiger partial charge in [-0.05, 0) is 53.9 Å². The van der Waals surface area contributed by atoms with Crippen LogP contribution in [0.15, 0.2) is 66.7 Å². The molecule has 8 heteroatoms. The standard InChI is InChI=1S/C26H29N3O5/c1-4-21(29-26(31)34-16-17-9-14-23(32-2)24(15-17)33-3)18-10-12-19(13-11-18)25(30)28-22-8-6-5-7-20(22)27/h5-15,21H,4,16,27H2,1-3H3,(H,28,30)(H,29,31)/t21-/m0/s1. The molecule has 0 spiro atoms. The highest BCUT2D eigenvalue weighted by atomic mass is 16.5. The number of nitrogens with one attached hydrogen (secondary N) is 2. The molecule has 0 aliphatic heterocycles. The van der Waals surface area contributed by atoms with Crippen molar-refractivity contribution in [3.63, 3.8) is 0 Å². The van der Waals surface area contributed by atoms with Crippen LogP contribution in [0.4, 0.5) is 16.2 Å². The van der Waals surface area contributed by atoms with E-state index in [1.807, 2.05) is 19.1 Å². The van der Waals surface area contributed by atoms with Crippen LogP contribution in [0, 0.1) is 0 Å². The molecule has 0 heterocycles. The Bertz CT molecular complexity index is 1130. The van der Waals surface area contributed by atoms with E-state index < -0.39 is 6.09 Å². The zero-order chi connectivity index (χ0) is 24.5. The highest BCUT2D eigenvalue weighted by Gasteiger charge is 2.15. The Morgan fingerprint density at radius 3 is 2.29 bits per heavy atom. The van der Waals surface area contributed by atoms with Gasteiger partial charge in [0.25, 0.3) is 5.91 Å². The minimum Gasteiger partial charge on any atom is -0.493 e. The highest BCUT2D eigenvalue weighted by Crippen LogP contribution is 2.28. The molecule has 0 saturated carbocycles. The van der Waals surface area contributed by atoms with Crippen LogP contribution in [-0.4, -0.2) is 26.2 Å². The largest absolute Gasteiger partial charge is 0.493 e. The van der Waals surface area contributed by atoms with Gasteiger partial charge in [-0.2, -0.15) is 0 Å². The summed E-state index contributed by atoms with van der Waals surface area (Å²) in [6.45, 7) is 2.04. The fraction of sp³-hybridized carbons (Fsp3) is 0.231. The molecule has 0 fully saturated rings. The Labute approximate surface area is 199 Å². The zero-order valence-electron chi connectivity index (χ0n) is 19.5. The first kappa shape index (κ1) is 24.4. The second-order valence-electron chi connectivity index (χ2n) is 7.53. The summed E-state index contributed by atoms with van der Waals surface area (Å²) >= 11 is 0. The van der Waals surface area contributed by atoms with Crippen LogP contribution >= 0.6 is 0 Å². The smallest absolute Gasteiger partial charge is 0.407 e. The van der Waals surface area contributed by atoms with Crippen LogP contribution in [0.2, 0.25) is 0 Å². The molecule has 0 aliphatic carbocycles. The van der Waals surface area contributed by atoms with Gasteiger partial charge in [0.2, 0.25) is 0 Å². The predicted octanol–water partition coefficient (Wildman–Crippen LogP) is 4.92. The average Bonchev–Trinajstić information content (AvgIpc) is 2.87. The van der Waals surface area contributed by atoms with Crippen LogP contribution < -0.4 is 25.8 Å². The maximum Gasteiger partial charge on any atom is 0.407 e. The lowest BCUT2D eigenvalue weighted by atomic mass is 10.0. The van der Waals surface area contributed by atoms with Crippen LogP contribution in [0.5, 0.6) is 11.5 Å². The third-order valence-corrected chi connectivity index (χ3v) is 5.30. The van der Waals surface area contributed by atoms with Gasteiger partial charge in [-0.3, -0.25) is 4.79 Å². The molecule has 0 saturated heterocycles. The second kappa shape index (κ2) is 11.6. The topological polar surface area (TPSA) is 112 Å². The monoisotopic (exact) mass is 463 g/mol. The Kier molecular flexibility index (Phi) is 8.34. The molecular formula is C26H29N3O5. The molecule has 1 atom stereocenters. The van der Waals surface area contributed by atoms with Gasteiger partial charge in [-0.25, -0.2) is 4.79 Å². The number of rotatable bonds is 9. The van der Waals surface area contributed by atoms with E-state index in [9.17, 15) is 9.59 Å². The van der Waals surface area contributed by atoms with Gasteiger partial charge in [0.05, 0.1) is 31.6 Å². The van der Waals surface area contributed by atoms with Crippen molar-refractivity contribution >= 4 is 23.4 Å². The molecule has 0 bridgehead atoms. The average molecular weight is 464 g/mol. The van der Waals surface area contributed by atoms with Gasteiger partial charge >= 0.3 is 6.09 Å². The number of alkyl carbamates (subject to hydrolysis) is 1. The molecule has 0 radical (unpaired) electrons. The summed E-state index contributed by atoms with van der Waals surface area (Å²) in [6, 6.07) is 19.2. The first-order chi connectivity index (χ1) is 16.4. The summed E-state index contributed by atoms with van der Waals surface area (Å²) in [4.78, 5) is 24.9. The number of nitrogens with two attached hydrogens (primary N) is 1. The van der Waals surface area contributed by atoms with Crippen molar-refractivity contribution in [1.29, 1.82) is 0 Å². The first-order valence-corrected chi connectivity index (χ1v) is 10.8. The molecule has 3 rings (SSSR count). The number of carbonyl (C=O) groups is 2. The minimum absolute atomic E-state index is 0.0876.